The quantitative estimate of drug-likeness (QED) is 0.814. The predicted molar refractivity (Wildman–Crippen MR) is 88.9 cm³/mol. The van der Waals surface area contributed by atoms with Crippen LogP contribution in [0.4, 0.5) is 5.69 Å². The average Bonchev–Trinajstić information content (AvgIpc) is 2.84. The second-order valence-electron chi connectivity index (χ2n) is 5.91. The SMILES string of the molecule is Cc1ccc2c(c1)C1c3c(Cl)cc(Cl)cc3NC(C(=O)O)C1O2. The molecule has 0 aliphatic carbocycles. The van der Waals surface area contributed by atoms with Gasteiger partial charge >= 0.3 is 5.97 Å². The van der Waals surface area contributed by atoms with Crippen LogP contribution in [0.3, 0.4) is 0 Å². The van der Waals surface area contributed by atoms with Gasteiger partial charge < -0.3 is 15.2 Å². The molecule has 0 aromatic heterocycles. The van der Waals surface area contributed by atoms with Crippen LogP contribution in [0.15, 0.2) is 30.3 Å². The zero-order chi connectivity index (χ0) is 16.3. The van der Waals surface area contributed by atoms with Crippen LogP contribution in [0.5, 0.6) is 5.75 Å². The first-order chi connectivity index (χ1) is 11.0. The molecule has 2 aliphatic rings. The second-order valence-corrected chi connectivity index (χ2v) is 6.75. The third-order valence-electron chi connectivity index (χ3n) is 4.40. The van der Waals surface area contributed by atoms with Crippen LogP contribution in [0, 0.1) is 6.92 Å². The molecule has 118 valence electrons. The molecule has 4 rings (SSSR count). The Morgan fingerprint density at radius 3 is 2.78 bits per heavy atom. The van der Waals surface area contributed by atoms with Crippen LogP contribution in [-0.4, -0.2) is 23.2 Å². The summed E-state index contributed by atoms with van der Waals surface area (Å²) in [6.07, 6.45) is -0.546. The molecule has 3 atom stereocenters. The van der Waals surface area contributed by atoms with Crippen LogP contribution in [0.2, 0.25) is 10.0 Å². The van der Waals surface area contributed by atoms with Crippen molar-refractivity contribution in [3.63, 3.8) is 0 Å². The zero-order valence-electron chi connectivity index (χ0n) is 12.1. The van der Waals surface area contributed by atoms with Crippen molar-refractivity contribution >= 4 is 34.9 Å². The van der Waals surface area contributed by atoms with Crippen molar-refractivity contribution in [3.05, 3.63) is 57.1 Å². The second kappa shape index (κ2) is 5.05. The van der Waals surface area contributed by atoms with Gasteiger partial charge in [0.1, 0.15) is 11.9 Å². The number of hydrogen-bond donors (Lipinski definition) is 2. The summed E-state index contributed by atoms with van der Waals surface area (Å²) in [6, 6.07) is 8.38. The van der Waals surface area contributed by atoms with E-state index < -0.39 is 18.1 Å². The first-order valence-electron chi connectivity index (χ1n) is 7.21. The summed E-state index contributed by atoms with van der Waals surface area (Å²) >= 11 is 12.5. The molecule has 0 saturated carbocycles. The van der Waals surface area contributed by atoms with Crippen molar-refractivity contribution in [3.8, 4) is 5.75 Å². The van der Waals surface area contributed by atoms with E-state index in [0.717, 1.165) is 16.7 Å². The number of ether oxygens (including phenoxy) is 1. The molecule has 23 heavy (non-hydrogen) atoms. The lowest BCUT2D eigenvalue weighted by atomic mass is 9.81. The summed E-state index contributed by atoms with van der Waals surface area (Å²) in [5, 5.41) is 13.6. The molecule has 0 spiro atoms. The first-order valence-corrected chi connectivity index (χ1v) is 7.97. The molecule has 3 unspecified atom stereocenters. The third-order valence-corrected chi connectivity index (χ3v) is 4.93. The summed E-state index contributed by atoms with van der Waals surface area (Å²) in [6.45, 7) is 1.99. The maximum atomic E-state index is 11.7. The number of aryl methyl sites for hydroxylation is 1. The Kier molecular flexibility index (Phi) is 3.22. The number of anilines is 1. The van der Waals surface area contributed by atoms with Gasteiger partial charge in [-0.2, -0.15) is 0 Å². The van der Waals surface area contributed by atoms with Crippen molar-refractivity contribution in [2.45, 2.75) is 25.0 Å². The molecular formula is C17H13Cl2NO3. The summed E-state index contributed by atoms with van der Waals surface area (Å²) in [7, 11) is 0. The van der Waals surface area contributed by atoms with Crippen molar-refractivity contribution in [2.75, 3.05) is 5.32 Å². The number of carboxylic acids is 1. The molecule has 0 bridgehead atoms. The predicted octanol–water partition coefficient (Wildman–Crippen LogP) is 4.07. The van der Waals surface area contributed by atoms with Gasteiger partial charge in [0, 0.05) is 26.9 Å². The molecular weight excluding hydrogens is 337 g/mol. The van der Waals surface area contributed by atoms with E-state index in [1.165, 1.54) is 0 Å². The molecule has 0 fully saturated rings. The number of nitrogens with one attached hydrogen (secondary N) is 1. The average molecular weight is 350 g/mol. The van der Waals surface area contributed by atoms with E-state index in [1.807, 2.05) is 25.1 Å². The summed E-state index contributed by atoms with van der Waals surface area (Å²) in [5.41, 5.74) is 3.54. The Bertz CT molecular complexity index is 837. The van der Waals surface area contributed by atoms with Gasteiger partial charge in [0.25, 0.3) is 0 Å². The zero-order valence-corrected chi connectivity index (χ0v) is 13.7. The molecule has 2 aromatic carbocycles. The van der Waals surface area contributed by atoms with Gasteiger partial charge in [0.15, 0.2) is 6.04 Å². The van der Waals surface area contributed by atoms with Crippen molar-refractivity contribution < 1.29 is 14.6 Å². The molecule has 2 heterocycles. The third kappa shape index (κ3) is 2.17. The molecule has 2 aliphatic heterocycles. The van der Waals surface area contributed by atoms with E-state index in [0.29, 0.717) is 21.5 Å². The monoisotopic (exact) mass is 349 g/mol. The number of benzene rings is 2. The minimum absolute atomic E-state index is 0.230. The normalized spacial score (nSPS) is 24.0. The highest BCUT2D eigenvalue weighted by molar-refractivity contribution is 6.35. The smallest absolute Gasteiger partial charge is 0.330 e. The maximum absolute atomic E-state index is 11.7. The van der Waals surface area contributed by atoms with Gasteiger partial charge in [0.2, 0.25) is 0 Å². The van der Waals surface area contributed by atoms with Crippen molar-refractivity contribution in [1.29, 1.82) is 0 Å². The highest BCUT2D eigenvalue weighted by atomic mass is 35.5. The highest BCUT2D eigenvalue weighted by Gasteiger charge is 2.48. The van der Waals surface area contributed by atoms with Gasteiger partial charge in [0.05, 0.1) is 5.92 Å². The molecule has 0 amide bonds. The number of aliphatic carboxylic acids is 1. The van der Waals surface area contributed by atoms with Crippen LogP contribution in [-0.2, 0) is 4.79 Å². The maximum Gasteiger partial charge on any atom is 0.330 e. The number of carboxylic acid groups (broad SMARTS) is 1. The largest absolute Gasteiger partial charge is 0.486 e. The van der Waals surface area contributed by atoms with Gasteiger partial charge in [-0.05, 0) is 25.1 Å². The lowest BCUT2D eigenvalue weighted by Gasteiger charge is -2.34. The summed E-state index contributed by atoms with van der Waals surface area (Å²) < 4.78 is 5.95. The van der Waals surface area contributed by atoms with Gasteiger partial charge in [-0.25, -0.2) is 4.79 Å². The molecule has 2 aromatic rings. The first kappa shape index (κ1) is 14.7. The van der Waals surface area contributed by atoms with Crippen molar-refractivity contribution in [1.82, 2.24) is 0 Å². The van der Waals surface area contributed by atoms with E-state index in [-0.39, 0.29) is 5.92 Å². The van der Waals surface area contributed by atoms with Crippen LogP contribution < -0.4 is 10.1 Å². The fraction of sp³-hybridized carbons (Fsp3) is 0.235. The lowest BCUT2D eigenvalue weighted by Crippen LogP contribution is -2.48. The Morgan fingerprint density at radius 1 is 1.26 bits per heavy atom. The molecule has 0 saturated heterocycles. The fourth-order valence-corrected chi connectivity index (χ4v) is 4.07. The van der Waals surface area contributed by atoms with Gasteiger partial charge in [-0.15, -0.1) is 0 Å². The number of fused-ring (bicyclic) bond motifs is 5. The lowest BCUT2D eigenvalue weighted by molar-refractivity contribution is -0.140. The number of hydrogen-bond acceptors (Lipinski definition) is 3. The van der Waals surface area contributed by atoms with Crippen LogP contribution in [0.25, 0.3) is 0 Å². The molecule has 2 N–H and O–H groups in total. The van der Waals surface area contributed by atoms with E-state index in [9.17, 15) is 9.90 Å². The van der Waals surface area contributed by atoms with E-state index in [4.69, 9.17) is 27.9 Å². The van der Waals surface area contributed by atoms with Gasteiger partial charge in [-0.3, -0.25) is 0 Å². The Hall–Kier alpha value is -1.91. The Morgan fingerprint density at radius 2 is 2.04 bits per heavy atom. The molecule has 0 radical (unpaired) electrons. The van der Waals surface area contributed by atoms with E-state index in [1.54, 1.807) is 12.1 Å². The minimum Gasteiger partial charge on any atom is -0.486 e. The fourth-order valence-electron chi connectivity index (χ4n) is 3.46. The Balaban J connectivity index is 1.97. The number of carbonyl (C=O) groups is 1. The van der Waals surface area contributed by atoms with Crippen LogP contribution >= 0.6 is 23.2 Å². The minimum atomic E-state index is -0.966. The standard InChI is InChI=1S/C17H13Cl2NO3/c1-7-2-3-12-9(4-7)13-14-10(19)5-8(18)6-11(14)20-15(17(21)22)16(13)23-12/h2-6,13,15-16,20H,1H3,(H,21,22). The van der Waals surface area contributed by atoms with E-state index >= 15 is 0 Å². The molecule has 4 nitrogen and oxygen atoms in total. The highest BCUT2D eigenvalue weighted by Crippen LogP contribution is 2.51. The topological polar surface area (TPSA) is 58.6 Å². The van der Waals surface area contributed by atoms with E-state index in [2.05, 4.69) is 5.32 Å². The summed E-state index contributed by atoms with van der Waals surface area (Å²) in [4.78, 5) is 11.7. The van der Waals surface area contributed by atoms with Crippen molar-refractivity contribution in [2.24, 2.45) is 0 Å². The number of halogens is 2. The van der Waals surface area contributed by atoms with Crippen LogP contribution in [0.1, 0.15) is 22.6 Å². The Labute approximate surface area is 143 Å². The molecule has 6 heteroatoms. The summed E-state index contributed by atoms with van der Waals surface area (Å²) in [5.74, 6) is -0.490. The number of rotatable bonds is 1. The van der Waals surface area contributed by atoms with Gasteiger partial charge in [-0.1, -0.05) is 40.9 Å².